The fourth-order valence-electron chi connectivity index (χ4n) is 3.73. The van der Waals surface area contributed by atoms with Crippen LogP contribution in [-0.2, 0) is 19.1 Å². The van der Waals surface area contributed by atoms with Gasteiger partial charge in [0.2, 0.25) is 0 Å². The third-order valence-corrected chi connectivity index (χ3v) is 5.34. The Morgan fingerprint density at radius 3 is 1.78 bits per heavy atom. The number of carbonyl (C=O) groups is 3. The Kier molecular flexibility index (Phi) is 9.63. The van der Waals surface area contributed by atoms with Crippen molar-refractivity contribution in [2.45, 2.75) is 25.9 Å². The molecule has 0 radical (unpaired) electrons. The van der Waals surface area contributed by atoms with Crippen LogP contribution in [0.2, 0.25) is 0 Å². The van der Waals surface area contributed by atoms with Crippen LogP contribution >= 0.6 is 0 Å². The minimum Gasteiger partial charge on any atom is -0.478 e. The SMILES string of the molecule is CCN(CC)C[C@@H]1C(=O)O[C@H](c2ccccc2)[C@@H]1c1ccccc1.O=C(O)/C=C/C(=O)O. The summed E-state index contributed by atoms with van der Waals surface area (Å²) in [6.07, 6.45) is 0.909. The lowest BCUT2D eigenvalue weighted by Gasteiger charge is -2.26. The number of nitrogens with zero attached hydrogens (tertiary/aromatic N) is 1. The third kappa shape index (κ3) is 7.06. The first kappa shape index (κ1) is 24.8. The Bertz CT molecular complexity index is 893. The highest BCUT2D eigenvalue weighted by atomic mass is 16.6. The Balaban J connectivity index is 0.000000390. The minimum atomic E-state index is -1.26. The zero-order chi connectivity index (χ0) is 23.5. The van der Waals surface area contributed by atoms with Gasteiger partial charge in [-0.15, -0.1) is 0 Å². The van der Waals surface area contributed by atoms with Crippen molar-refractivity contribution >= 4 is 17.9 Å². The van der Waals surface area contributed by atoms with E-state index in [0.29, 0.717) is 12.2 Å². The third-order valence-electron chi connectivity index (χ3n) is 5.34. The van der Waals surface area contributed by atoms with Crippen LogP contribution in [0.5, 0.6) is 0 Å². The number of hydrogen-bond acceptors (Lipinski definition) is 5. The van der Waals surface area contributed by atoms with Crippen LogP contribution in [0.25, 0.3) is 0 Å². The Morgan fingerprint density at radius 1 is 0.875 bits per heavy atom. The normalized spacial score (nSPS) is 20.0. The fraction of sp³-hybridized carbons (Fsp3) is 0.320. The Morgan fingerprint density at radius 2 is 1.34 bits per heavy atom. The predicted octanol–water partition coefficient (Wildman–Crippen LogP) is 3.74. The number of benzene rings is 2. The molecule has 0 unspecified atom stereocenters. The molecule has 1 saturated heterocycles. The molecule has 0 bridgehead atoms. The van der Waals surface area contributed by atoms with E-state index in [-0.39, 0.29) is 23.9 Å². The number of carbonyl (C=O) groups excluding carboxylic acids is 1. The van der Waals surface area contributed by atoms with Crippen molar-refractivity contribution in [1.82, 2.24) is 4.90 Å². The summed E-state index contributed by atoms with van der Waals surface area (Å²) in [5.74, 6) is -2.66. The molecule has 0 aliphatic carbocycles. The number of ether oxygens (including phenoxy) is 1. The Labute approximate surface area is 187 Å². The van der Waals surface area contributed by atoms with Crippen LogP contribution in [0.15, 0.2) is 72.8 Å². The maximum atomic E-state index is 12.7. The minimum absolute atomic E-state index is 0.0571. The fourth-order valence-corrected chi connectivity index (χ4v) is 3.73. The standard InChI is InChI=1S/C21H25NO2.C4H4O4/c1-3-22(4-2)15-18-19(16-11-7-5-8-12-16)20(24-21(18)23)17-13-9-6-10-14-17;5-3(6)1-2-4(7)8/h5-14,18-20H,3-4,15H2,1-2H3;1-2H,(H,5,6)(H,7,8)/b;2-1+/t18-,19+,20+;/m0./s1. The van der Waals surface area contributed by atoms with Crippen LogP contribution in [0, 0.1) is 5.92 Å². The molecule has 1 aliphatic rings. The summed E-state index contributed by atoms with van der Waals surface area (Å²) in [6.45, 7) is 6.90. The Hall–Kier alpha value is -3.45. The van der Waals surface area contributed by atoms with Gasteiger partial charge >= 0.3 is 17.9 Å². The van der Waals surface area contributed by atoms with Crippen LogP contribution < -0.4 is 0 Å². The first-order valence-electron chi connectivity index (χ1n) is 10.5. The highest BCUT2D eigenvalue weighted by Crippen LogP contribution is 2.46. The lowest BCUT2D eigenvalue weighted by molar-refractivity contribution is -0.145. The van der Waals surface area contributed by atoms with Crippen molar-refractivity contribution in [3.63, 3.8) is 0 Å². The van der Waals surface area contributed by atoms with Gasteiger partial charge in [-0.2, -0.15) is 0 Å². The number of carboxylic acid groups (broad SMARTS) is 2. The van der Waals surface area contributed by atoms with Crippen molar-refractivity contribution in [2.75, 3.05) is 19.6 Å². The lowest BCUT2D eigenvalue weighted by atomic mass is 9.81. The molecule has 170 valence electrons. The van der Waals surface area contributed by atoms with Crippen molar-refractivity contribution in [3.8, 4) is 0 Å². The molecule has 3 atom stereocenters. The number of cyclic esters (lactones) is 1. The van der Waals surface area contributed by atoms with Gasteiger partial charge in [-0.3, -0.25) is 4.79 Å². The summed E-state index contributed by atoms with van der Waals surface area (Å²) in [6, 6.07) is 20.4. The molecule has 32 heavy (non-hydrogen) atoms. The molecule has 2 aromatic rings. The van der Waals surface area contributed by atoms with E-state index in [1.807, 2.05) is 48.5 Å². The second-order valence-electron chi connectivity index (χ2n) is 7.31. The van der Waals surface area contributed by atoms with Gasteiger partial charge in [0, 0.05) is 24.6 Å². The molecule has 0 saturated carbocycles. The van der Waals surface area contributed by atoms with E-state index in [1.165, 1.54) is 5.56 Å². The van der Waals surface area contributed by atoms with Crippen molar-refractivity contribution < 1.29 is 29.3 Å². The molecular weight excluding hydrogens is 410 g/mol. The number of hydrogen-bond donors (Lipinski definition) is 2. The molecule has 0 spiro atoms. The lowest BCUT2D eigenvalue weighted by Crippen LogP contribution is -2.33. The number of aliphatic carboxylic acids is 2. The van der Waals surface area contributed by atoms with Gasteiger partial charge in [-0.1, -0.05) is 74.5 Å². The van der Waals surface area contributed by atoms with Gasteiger partial charge in [0.25, 0.3) is 0 Å². The maximum absolute atomic E-state index is 12.7. The highest BCUT2D eigenvalue weighted by molar-refractivity contribution is 5.89. The molecule has 7 nitrogen and oxygen atoms in total. The van der Waals surface area contributed by atoms with Gasteiger partial charge in [-0.05, 0) is 24.2 Å². The van der Waals surface area contributed by atoms with Gasteiger partial charge in [0.1, 0.15) is 6.10 Å². The number of esters is 1. The van der Waals surface area contributed by atoms with Gasteiger partial charge in [0.15, 0.2) is 0 Å². The van der Waals surface area contributed by atoms with E-state index >= 15 is 0 Å². The highest BCUT2D eigenvalue weighted by Gasteiger charge is 2.46. The van der Waals surface area contributed by atoms with Crippen molar-refractivity contribution in [3.05, 3.63) is 83.9 Å². The predicted molar refractivity (Wildman–Crippen MR) is 120 cm³/mol. The van der Waals surface area contributed by atoms with E-state index in [1.54, 1.807) is 0 Å². The average molecular weight is 440 g/mol. The van der Waals surface area contributed by atoms with Gasteiger partial charge < -0.3 is 19.8 Å². The van der Waals surface area contributed by atoms with Crippen LogP contribution in [-0.4, -0.2) is 52.7 Å². The zero-order valence-corrected chi connectivity index (χ0v) is 18.3. The summed E-state index contributed by atoms with van der Waals surface area (Å²) in [4.78, 5) is 34.1. The molecule has 1 aliphatic heterocycles. The zero-order valence-electron chi connectivity index (χ0n) is 18.3. The van der Waals surface area contributed by atoms with E-state index in [2.05, 4.69) is 30.9 Å². The molecule has 3 rings (SSSR count). The van der Waals surface area contributed by atoms with Crippen molar-refractivity contribution in [2.24, 2.45) is 5.92 Å². The topological polar surface area (TPSA) is 104 Å². The summed E-state index contributed by atoms with van der Waals surface area (Å²) < 4.78 is 5.85. The van der Waals surface area contributed by atoms with Crippen LogP contribution in [0.4, 0.5) is 0 Å². The number of rotatable bonds is 8. The molecule has 0 amide bonds. The first-order chi connectivity index (χ1) is 15.4. The quantitative estimate of drug-likeness (QED) is 0.477. The monoisotopic (exact) mass is 439 g/mol. The maximum Gasteiger partial charge on any atom is 0.328 e. The molecule has 2 N–H and O–H groups in total. The van der Waals surface area contributed by atoms with Crippen LogP contribution in [0.3, 0.4) is 0 Å². The van der Waals surface area contributed by atoms with E-state index in [0.717, 1.165) is 25.2 Å². The summed E-state index contributed by atoms with van der Waals surface area (Å²) in [5, 5.41) is 15.6. The molecule has 7 heteroatoms. The summed E-state index contributed by atoms with van der Waals surface area (Å²) in [5.41, 5.74) is 2.25. The van der Waals surface area contributed by atoms with Crippen LogP contribution in [0.1, 0.15) is 37.0 Å². The molecule has 1 fully saturated rings. The largest absolute Gasteiger partial charge is 0.478 e. The number of carboxylic acids is 2. The van der Waals surface area contributed by atoms with Crippen molar-refractivity contribution in [1.29, 1.82) is 0 Å². The molecule has 2 aromatic carbocycles. The molecule has 1 heterocycles. The first-order valence-corrected chi connectivity index (χ1v) is 10.5. The molecule has 0 aromatic heterocycles. The van der Waals surface area contributed by atoms with Gasteiger partial charge in [0.05, 0.1) is 5.92 Å². The molecular formula is C25H29NO6. The van der Waals surface area contributed by atoms with E-state index in [4.69, 9.17) is 14.9 Å². The summed E-state index contributed by atoms with van der Waals surface area (Å²) in [7, 11) is 0. The second kappa shape index (κ2) is 12.4. The van der Waals surface area contributed by atoms with E-state index in [9.17, 15) is 14.4 Å². The average Bonchev–Trinajstić information content (AvgIpc) is 3.13. The summed E-state index contributed by atoms with van der Waals surface area (Å²) >= 11 is 0. The second-order valence-corrected chi connectivity index (χ2v) is 7.31. The van der Waals surface area contributed by atoms with Gasteiger partial charge in [-0.25, -0.2) is 9.59 Å². The van der Waals surface area contributed by atoms with E-state index < -0.39 is 11.9 Å². The smallest absolute Gasteiger partial charge is 0.328 e.